The highest BCUT2D eigenvalue weighted by atomic mass is 35.5. The minimum atomic E-state index is 0.146. The standard InChI is InChI=1S/C17H19ClN2O/c1-12-16(6-8-19-12)17(21)20-9-7-14(11-20)10-13-2-4-15(18)5-3-13/h2-6,8,14,19H,7,9-11H2,1H3. The number of rotatable bonds is 3. The molecule has 1 saturated heterocycles. The predicted octanol–water partition coefficient (Wildman–Crippen LogP) is 3.68. The molecule has 1 amide bonds. The van der Waals surface area contributed by atoms with Crippen molar-refractivity contribution in [2.24, 2.45) is 5.92 Å². The number of H-pyrrole nitrogens is 1. The molecular formula is C17H19ClN2O. The van der Waals surface area contributed by atoms with Crippen LogP contribution in [0.25, 0.3) is 0 Å². The Kier molecular flexibility index (Phi) is 4.02. The molecular weight excluding hydrogens is 284 g/mol. The molecule has 0 bridgehead atoms. The summed E-state index contributed by atoms with van der Waals surface area (Å²) in [6, 6.07) is 9.87. The number of hydrogen-bond donors (Lipinski definition) is 1. The Hall–Kier alpha value is -1.74. The van der Waals surface area contributed by atoms with Crippen molar-refractivity contribution in [1.82, 2.24) is 9.88 Å². The second-order valence-corrected chi connectivity index (χ2v) is 6.19. The van der Waals surface area contributed by atoms with Crippen LogP contribution in [0.2, 0.25) is 5.02 Å². The number of benzene rings is 1. The maximum Gasteiger partial charge on any atom is 0.255 e. The summed E-state index contributed by atoms with van der Waals surface area (Å²) in [5, 5.41) is 0.768. The summed E-state index contributed by atoms with van der Waals surface area (Å²) < 4.78 is 0. The monoisotopic (exact) mass is 302 g/mol. The molecule has 2 heterocycles. The van der Waals surface area contributed by atoms with Crippen molar-refractivity contribution < 1.29 is 4.79 Å². The van der Waals surface area contributed by atoms with Gasteiger partial charge in [0.15, 0.2) is 0 Å². The average molecular weight is 303 g/mol. The third-order valence-electron chi connectivity index (χ3n) is 4.19. The Labute approximate surface area is 129 Å². The third kappa shape index (κ3) is 3.13. The molecule has 4 heteroatoms. The third-order valence-corrected chi connectivity index (χ3v) is 4.45. The number of aromatic amines is 1. The van der Waals surface area contributed by atoms with Gasteiger partial charge < -0.3 is 9.88 Å². The van der Waals surface area contributed by atoms with Crippen molar-refractivity contribution in [2.45, 2.75) is 19.8 Å². The van der Waals surface area contributed by atoms with E-state index in [2.05, 4.69) is 17.1 Å². The van der Waals surface area contributed by atoms with Crippen molar-refractivity contribution in [1.29, 1.82) is 0 Å². The van der Waals surface area contributed by atoms with Crippen LogP contribution in [0.15, 0.2) is 36.5 Å². The Morgan fingerprint density at radius 2 is 2.10 bits per heavy atom. The Morgan fingerprint density at radius 1 is 1.33 bits per heavy atom. The van der Waals surface area contributed by atoms with Crippen LogP contribution in [-0.4, -0.2) is 28.9 Å². The zero-order valence-electron chi connectivity index (χ0n) is 12.1. The second-order valence-electron chi connectivity index (χ2n) is 5.75. The van der Waals surface area contributed by atoms with Crippen molar-refractivity contribution in [3.8, 4) is 0 Å². The van der Waals surface area contributed by atoms with Crippen LogP contribution in [0.1, 0.15) is 28.0 Å². The molecule has 1 aliphatic heterocycles. The van der Waals surface area contributed by atoms with Gasteiger partial charge in [0, 0.05) is 30.0 Å². The van der Waals surface area contributed by atoms with E-state index < -0.39 is 0 Å². The lowest BCUT2D eigenvalue weighted by Gasteiger charge is -2.16. The fraction of sp³-hybridized carbons (Fsp3) is 0.353. The quantitative estimate of drug-likeness (QED) is 0.922. The maximum absolute atomic E-state index is 12.5. The smallest absolute Gasteiger partial charge is 0.255 e. The van der Waals surface area contributed by atoms with Gasteiger partial charge in [0.05, 0.1) is 5.56 Å². The summed E-state index contributed by atoms with van der Waals surface area (Å²) in [6.07, 6.45) is 3.90. The zero-order valence-corrected chi connectivity index (χ0v) is 12.9. The van der Waals surface area contributed by atoms with E-state index in [1.54, 1.807) is 0 Å². The fourth-order valence-electron chi connectivity index (χ4n) is 2.99. The van der Waals surface area contributed by atoms with E-state index >= 15 is 0 Å². The van der Waals surface area contributed by atoms with Crippen LogP contribution in [0.3, 0.4) is 0 Å². The molecule has 1 N–H and O–H groups in total. The lowest BCUT2D eigenvalue weighted by Crippen LogP contribution is -2.29. The molecule has 1 fully saturated rings. The molecule has 1 atom stereocenters. The number of nitrogens with one attached hydrogen (secondary N) is 1. The molecule has 3 nitrogen and oxygen atoms in total. The first kappa shape index (κ1) is 14.2. The Bertz CT molecular complexity index is 632. The molecule has 0 radical (unpaired) electrons. The summed E-state index contributed by atoms with van der Waals surface area (Å²) in [5.74, 6) is 0.682. The molecule has 2 aromatic rings. The van der Waals surface area contributed by atoms with Crippen LogP contribution in [0, 0.1) is 12.8 Å². The predicted molar refractivity (Wildman–Crippen MR) is 84.7 cm³/mol. The number of carbonyl (C=O) groups is 1. The highest BCUT2D eigenvalue weighted by molar-refractivity contribution is 6.30. The summed E-state index contributed by atoms with van der Waals surface area (Å²) in [7, 11) is 0. The summed E-state index contributed by atoms with van der Waals surface area (Å²) in [6.45, 7) is 3.63. The van der Waals surface area contributed by atoms with Crippen LogP contribution >= 0.6 is 11.6 Å². The minimum Gasteiger partial charge on any atom is -0.365 e. The molecule has 1 aliphatic rings. The molecule has 3 rings (SSSR count). The first-order valence-corrected chi connectivity index (χ1v) is 7.69. The number of likely N-dealkylation sites (tertiary alicyclic amines) is 1. The van der Waals surface area contributed by atoms with Gasteiger partial charge >= 0.3 is 0 Å². The highest BCUT2D eigenvalue weighted by Crippen LogP contribution is 2.23. The lowest BCUT2D eigenvalue weighted by molar-refractivity contribution is 0.0786. The number of aryl methyl sites for hydroxylation is 1. The molecule has 0 spiro atoms. The molecule has 21 heavy (non-hydrogen) atoms. The number of nitrogens with zero attached hydrogens (tertiary/aromatic N) is 1. The van der Waals surface area contributed by atoms with Crippen molar-refractivity contribution in [3.63, 3.8) is 0 Å². The summed E-state index contributed by atoms with van der Waals surface area (Å²) in [5.41, 5.74) is 3.03. The van der Waals surface area contributed by atoms with Crippen LogP contribution < -0.4 is 0 Å². The zero-order chi connectivity index (χ0) is 14.8. The van der Waals surface area contributed by atoms with E-state index in [4.69, 9.17) is 11.6 Å². The van der Waals surface area contributed by atoms with E-state index in [0.29, 0.717) is 5.92 Å². The Balaban J connectivity index is 1.62. The first-order valence-electron chi connectivity index (χ1n) is 7.31. The van der Waals surface area contributed by atoms with E-state index in [1.165, 1.54) is 5.56 Å². The molecule has 0 saturated carbocycles. The largest absolute Gasteiger partial charge is 0.365 e. The van der Waals surface area contributed by atoms with E-state index in [-0.39, 0.29) is 5.91 Å². The average Bonchev–Trinajstić information content (AvgIpc) is 3.10. The van der Waals surface area contributed by atoms with Crippen molar-refractivity contribution >= 4 is 17.5 Å². The maximum atomic E-state index is 12.5. The van der Waals surface area contributed by atoms with Gasteiger partial charge in [0.1, 0.15) is 0 Å². The molecule has 0 aliphatic carbocycles. The van der Waals surface area contributed by atoms with Crippen molar-refractivity contribution in [2.75, 3.05) is 13.1 Å². The number of halogens is 1. The summed E-state index contributed by atoms with van der Waals surface area (Å²) in [4.78, 5) is 17.5. The van der Waals surface area contributed by atoms with Crippen molar-refractivity contribution in [3.05, 3.63) is 58.4 Å². The number of carbonyl (C=O) groups excluding carboxylic acids is 1. The number of hydrogen-bond acceptors (Lipinski definition) is 1. The van der Waals surface area contributed by atoms with Crippen LogP contribution in [-0.2, 0) is 6.42 Å². The SMILES string of the molecule is Cc1[nH]ccc1C(=O)N1CCC(Cc2ccc(Cl)cc2)C1. The molecule has 1 aromatic carbocycles. The van der Waals surface area contributed by atoms with Gasteiger partial charge in [-0.25, -0.2) is 0 Å². The number of amides is 1. The van der Waals surface area contributed by atoms with E-state index in [1.807, 2.05) is 36.2 Å². The van der Waals surface area contributed by atoms with Gasteiger partial charge in [0.2, 0.25) is 0 Å². The van der Waals surface area contributed by atoms with Crippen LogP contribution in [0.4, 0.5) is 0 Å². The van der Waals surface area contributed by atoms with Crippen LogP contribution in [0.5, 0.6) is 0 Å². The minimum absolute atomic E-state index is 0.146. The van der Waals surface area contributed by atoms with E-state index in [0.717, 1.165) is 42.2 Å². The normalized spacial score (nSPS) is 18.2. The topological polar surface area (TPSA) is 36.1 Å². The van der Waals surface area contributed by atoms with Gasteiger partial charge in [-0.05, 0) is 49.4 Å². The van der Waals surface area contributed by atoms with Gasteiger partial charge in [-0.2, -0.15) is 0 Å². The lowest BCUT2D eigenvalue weighted by atomic mass is 9.99. The van der Waals surface area contributed by atoms with Gasteiger partial charge in [-0.1, -0.05) is 23.7 Å². The van der Waals surface area contributed by atoms with Gasteiger partial charge in [-0.3, -0.25) is 4.79 Å². The number of aromatic nitrogens is 1. The molecule has 1 aromatic heterocycles. The van der Waals surface area contributed by atoms with Gasteiger partial charge in [0.25, 0.3) is 5.91 Å². The summed E-state index contributed by atoms with van der Waals surface area (Å²) >= 11 is 5.91. The molecule has 110 valence electrons. The second kappa shape index (κ2) is 5.94. The van der Waals surface area contributed by atoms with E-state index in [9.17, 15) is 4.79 Å². The highest BCUT2D eigenvalue weighted by Gasteiger charge is 2.27. The Morgan fingerprint density at radius 3 is 2.76 bits per heavy atom. The molecule has 1 unspecified atom stereocenters. The fourth-order valence-corrected chi connectivity index (χ4v) is 3.12. The van der Waals surface area contributed by atoms with Gasteiger partial charge in [-0.15, -0.1) is 0 Å². The first-order chi connectivity index (χ1) is 10.1.